The van der Waals surface area contributed by atoms with Crippen molar-refractivity contribution in [3.05, 3.63) is 89.2 Å². The summed E-state index contributed by atoms with van der Waals surface area (Å²) < 4.78 is 24.0. The lowest BCUT2D eigenvalue weighted by atomic mass is 9.92. The van der Waals surface area contributed by atoms with Crippen LogP contribution in [0, 0.1) is 0 Å². The van der Waals surface area contributed by atoms with Crippen molar-refractivity contribution in [3.63, 3.8) is 0 Å². The second-order valence-electron chi connectivity index (χ2n) is 7.34. The fourth-order valence-corrected chi connectivity index (χ4v) is 4.60. The zero-order valence-electron chi connectivity index (χ0n) is 16.1. The van der Waals surface area contributed by atoms with E-state index in [-0.39, 0.29) is 17.6 Å². The molecule has 148 valence electrons. The van der Waals surface area contributed by atoms with Gasteiger partial charge in [-0.25, -0.2) is 8.42 Å². The van der Waals surface area contributed by atoms with Gasteiger partial charge in [0, 0.05) is 35.7 Å². The Kier molecular flexibility index (Phi) is 5.30. The minimum Gasteiger partial charge on any atom is -0.396 e. The highest BCUT2D eigenvalue weighted by molar-refractivity contribution is 8.06. The van der Waals surface area contributed by atoms with Gasteiger partial charge in [-0.15, -0.1) is 0 Å². The standard InChI is InChI=1S/C23H22N2O3S/c1-29(27,28)23-22-11-18(7-8-19(22)14-25-23)20-9-16(12-24-13-20)10-21(15-26)17-5-3-2-4-6-17/h2-9,11-13,21,26H,10,14-15H2,1H3/t21-/m0/s1. The van der Waals surface area contributed by atoms with E-state index in [1.807, 2.05) is 60.8 Å². The number of aliphatic imine (C=N–C) groups is 1. The molecule has 1 aliphatic heterocycles. The summed E-state index contributed by atoms with van der Waals surface area (Å²) in [6.07, 6.45) is 5.44. The monoisotopic (exact) mass is 406 g/mol. The highest BCUT2D eigenvalue weighted by atomic mass is 32.2. The highest BCUT2D eigenvalue weighted by Crippen LogP contribution is 2.29. The van der Waals surface area contributed by atoms with Crippen LogP contribution in [-0.2, 0) is 22.8 Å². The smallest absolute Gasteiger partial charge is 0.192 e. The molecule has 0 bridgehead atoms. The number of nitrogens with zero attached hydrogens (tertiary/aromatic N) is 2. The average molecular weight is 407 g/mol. The maximum absolute atomic E-state index is 12.0. The molecule has 1 aliphatic rings. The molecule has 0 unspecified atom stereocenters. The predicted molar refractivity (Wildman–Crippen MR) is 115 cm³/mol. The molecule has 1 N–H and O–H groups in total. The number of hydrogen-bond acceptors (Lipinski definition) is 5. The number of sulfone groups is 1. The second kappa shape index (κ2) is 7.89. The van der Waals surface area contributed by atoms with Gasteiger partial charge in [0.1, 0.15) is 0 Å². The predicted octanol–water partition coefficient (Wildman–Crippen LogP) is 3.37. The molecule has 29 heavy (non-hydrogen) atoms. The molecule has 6 heteroatoms. The first-order chi connectivity index (χ1) is 14.0. The number of aliphatic hydroxyl groups excluding tert-OH is 1. The van der Waals surface area contributed by atoms with E-state index in [0.717, 1.165) is 27.8 Å². The first kappa shape index (κ1) is 19.5. The largest absolute Gasteiger partial charge is 0.396 e. The van der Waals surface area contributed by atoms with Crippen molar-refractivity contribution in [1.29, 1.82) is 0 Å². The number of benzene rings is 2. The van der Waals surface area contributed by atoms with E-state index >= 15 is 0 Å². The first-order valence-corrected chi connectivity index (χ1v) is 11.3. The molecule has 0 aliphatic carbocycles. The summed E-state index contributed by atoms with van der Waals surface area (Å²) >= 11 is 0. The van der Waals surface area contributed by atoms with E-state index in [4.69, 9.17) is 0 Å². The van der Waals surface area contributed by atoms with Crippen molar-refractivity contribution in [2.75, 3.05) is 12.9 Å². The van der Waals surface area contributed by atoms with Gasteiger partial charge in [-0.2, -0.15) is 0 Å². The molecule has 0 fully saturated rings. The normalized spacial score (nSPS) is 14.3. The third-order valence-corrected chi connectivity index (χ3v) is 6.24. The number of fused-ring (bicyclic) bond motifs is 1. The maximum atomic E-state index is 12.0. The van der Waals surface area contributed by atoms with Crippen LogP contribution in [0.2, 0.25) is 0 Å². The molecule has 3 aromatic rings. The zero-order chi connectivity index (χ0) is 20.4. The summed E-state index contributed by atoms with van der Waals surface area (Å²) in [5.74, 6) is -0.00255. The Morgan fingerprint density at radius 2 is 1.83 bits per heavy atom. The maximum Gasteiger partial charge on any atom is 0.192 e. The van der Waals surface area contributed by atoms with E-state index in [1.165, 1.54) is 6.26 Å². The van der Waals surface area contributed by atoms with Crippen LogP contribution in [-0.4, -0.2) is 36.4 Å². The molecule has 2 aromatic carbocycles. The van der Waals surface area contributed by atoms with Crippen molar-refractivity contribution < 1.29 is 13.5 Å². The van der Waals surface area contributed by atoms with E-state index < -0.39 is 9.84 Å². The molecular formula is C23H22N2O3S. The van der Waals surface area contributed by atoms with E-state index in [9.17, 15) is 13.5 Å². The van der Waals surface area contributed by atoms with Gasteiger partial charge >= 0.3 is 0 Å². The molecule has 4 rings (SSSR count). The van der Waals surface area contributed by atoms with Crippen LogP contribution in [0.5, 0.6) is 0 Å². The van der Waals surface area contributed by atoms with Gasteiger partial charge in [0.05, 0.1) is 13.2 Å². The summed E-state index contributed by atoms with van der Waals surface area (Å²) in [6, 6.07) is 17.8. The molecular weight excluding hydrogens is 384 g/mol. The Labute approximate surface area is 170 Å². The summed E-state index contributed by atoms with van der Waals surface area (Å²) in [4.78, 5) is 8.57. The van der Waals surface area contributed by atoms with Gasteiger partial charge in [0.15, 0.2) is 14.9 Å². The molecule has 0 saturated carbocycles. The highest BCUT2D eigenvalue weighted by Gasteiger charge is 2.24. The quantitative estimate of drug-likeness (QED) is 0.705. The Balaban J connectivity index is 1.64. The second-order valence-corrected chi connectivity index (χ2v) is 9.27. The van der Waals surface area contributed by atoms with Gasteiger partial charge in [-0.3, -0.25) is 9.98 Å². The minimum absolute atomic E-state index is 0.00255. The van der Waals surface area contributed by atoms with E-state index in [0.29, 0.717) is 18.5 Å². The van der Waals surface area contributed by atoms with Crippen LogP contribution in [0.4, 0.5) is 0 Å². The first-order valence-electron chi connectivity index (χ1n) is 9.43. The van der Waals surface area contributed by atoms with Crippen molar-refractivity contribution >= 4 is 14.9 Å². The SMILES string of the molecule is CS(=O)(=O)C1=NCc2ccc(-c3cncc(C[C@@H](CO)c4ccccc4)c3)cc21. The lowest BCUT2D eigenvalue weighted by Gasteiger charge is -2.15. The van der Waals surface area contributed by atoms with Crippen molar-refractivity contribution in [2.24, 2.45) is 4.99 Å². The third-order valence-electron chi connectivity index (χ3n) is 5.19. The molecule has 5 nitrogen and oxygen atoms in total. The van der Waals surface area contributed by atoms with Crippen LogP contribution in [0.25, 0.3) is 11.1 Å². The number of pyridine rings is 1. The molecule has 0 radical (unpaired) electrons. The Morgan fingerprint density at radius 1 is 1.03 bits per heavy atom. The minimum atomic E-state index is -3.37. The fraction of sp³-hybridized carbons (Fsp3) is 0.217. The molecule has 0 saturated heterocycles. The fourth-order valence-electron chi connectivity index (χ4n) is 3.71. The summed E-state index contributed by atoms with van der Waals surface area (Å²) in [5, 5.41) is 10.0. The topological polar surface area (TPSA) is 79.6 Å². The summed E-state index contributed by atoms with van der Waals surface area (Å²) in [5.41, 5.74) is 5.51. The van der Waals surface area contributed by atoms with Crippen molar-refractivity contribution in [1.82, 2.24) is 4.98 Å². The van der Waals surface area contributed by atoms with Crippen molar-refractivity contribution in [3.8, 4) is 11.1 Å². The number of aliphatic hydroxyl groups is 1. The Morgan fingerprint density at radius 3 is 2.55 bits per heavy atom. The summed E-state index contributed by atoms with van der Waals surface area (Å²) in [6.45, 7) is 0.451. The third kappa shape index (κ3) is 4.13. The molecule has 0 spiro atoms. The van der Waals surface area contributed by atoms with Gasteiger partial charge in [0.25, 0.3) is 0 Å². The summed E-state index contributed by atoms with van der Waals surface area (Å²) in [7, 11) is -3.37. The van der Waals surface area contributed by atoms with Crippen LogP contribution in [0.1, 0.15) is 28.2 Å². The van der Waals surface area contributed by atoms with Gasteiger partial charge in [-0.1, -0.05) is 42.5 Å². The lowest BCUT2D eigenvalue weighted by Crippen LogP contribution is -2.12. The zero-order valence-corrected chi connectivity index (χ0v) is 16.9. The lowest BCUT2D eigenvalue weighted by molar-refractivity contribution is 0.264. The number of hydrogen-bond donors (Lipinski definition) is 1. The molecule has 1 aromatic heterocycles. The molecule has 2 heterocycles. The van der Waals surface area contributed by atoms with Crippen LogP contribution < -0.4 is 0 Å². The van der Waals surface area contributed by atoms with Crippen molar-refractivity contribution in [2.45, 2.75) is 18.9 Å². The van der Waals surface area contributed by atoms with Crippen LogP contribution in [0.15, 0.2) is 72.0 Å². The molecule has 0 amide bonds. The average Bonchev–Trinajstić information content (AvgIpc) is 3.16. The molecule has 1 atom stereocenters. The van der Waals surface area contributed by atoms with E-state index in [1.54, 1.807) is 6.20 Å². The van der Waals surface area contributed by atoms with Gasteiger partial charge < -0.3 is 5.11 Å². The van der Waals surface area contributed by atoms with Gasteiger partial charge in [0.2, 0.25) is 0 Å². The number of rotatable bonds is 5. The van der Waals surface area contributed by atoms with E-state index in [2.05, 4.69) is 9.98 Å². The Bertz CT molecular complexity index is 1170. The Hall–Kier alpha value is -2.83. The van der Waals surface area contributed by atoms with Crippen LogP contribution in [0.3, 0.4) is 0 Å². The van der Waals surface area contributed by atoms with Gasteiger partial charge in [-0.05, 0) is 40.8 Å². The van der Waals surface area contributed by atoms with Crippen LogP contribution >= 0.6 is 0 Å². The number of aromatic nitrogens is 1.